The number of fused-ring (bicyclic) bond motifs is 3. The molecule has 3 heterocycles. The van der Waals surface area contributed by atoms with Gasteiger partial charge in [0.05, 0.1) is 30.9 Å². The summed E-state index contributed by atoms with van der Waals surface area (Å²) in [5.41, 5.74) is -0.713. The molecule has 2 bridgehead atoms. The topological polar surface area (TPSA) is 71.9 Å². The molecule has 1 aromatic heterocycles. The first-order chi connectivity index (χ1) is 12.8. The van der Waals surface area contributed by atoms with E-state index in [0.717, 1.165) is 16.3 Å². The average Bonchev–Trinajstić information content (AvgIpc) is 2.59. The fraction of sp³-hybridized carbons (Fsp3) is 0.524. The normalized spacial score (nSPS) is 28.2. The number of ether oxygens (including phenoxy) is 2. The van der Waals surface area contributed by atoms with Gasteiger partial charge in [-0.2, -0.15) is 0 Å². The Labute approximate surface area is 159 Å². The lowest BCUT2D eigenvalue weighted by Gasteiger charge is -2.51. The first-order valence-corrected chi connectivity index (χ1v) is 9.41. The predicted molar refractivity (Wildman–Crippen MR) is 101 cm³/mol. The Kier molecular flexibility index (Phi) is 4.35. The van der Waals surface area contributed by atoms with Crippen LogP contribution < -0.4 is 0 Å². The molecule has 144 valence electrons. The van der Waals surface area contributed by atoms with Crippen LogP contribution in [0.3, 0.4) is 0 Å². The Hall–Kier alpha value is -2.18. The summed E-state index contributed by atoms with van der Waals surface area (Å²) in [5, 5.41) is 13.6. The molecule has 2 saturated heterocycles. The second-order valence-corrected chi connectivity index (χ2v) is 8.57. The van der Waals surface area contributed by atoms with Crippen molar-refractivity contribution < 1.29 is 19.4 Å². The van der Waals surface area contributed by atoms with E-state index in [4.69, 9.17) is 9.47 Å². The summed E-state index contributed by atoms with van der Waals surface area (Å²) in [6.45, 7) is 6.39. The second kappa shape index (κ2) is 6.46. The number of hydrogen-bond donors (Lipinski definition) is 1. The van der Waals surface area contributed by atoms with Crippen LogP contribution in [0.15, 0.2) is 36.7 Å². The molecular weight excluding hydrogens is 344 g/mol. The third kappa shape index (κ3) is 3.39. The van der Waals surface area contributed by atoms with Crippen molar-refractivity contribution in [3.63, 3.8) is 0 Å². The zero-order chi connectivity index (χ0) is 19.2. The van der Waals surface area contributed by atoms with Gasteiger partial charge in [-0.25, -0.2) is 4.79 Å². The van der Waals surface area contributed by atoms with Crippen molar-refractivity contribution in [1.29, 1.82) is 0 Å². The van der Waals surface area contributed by atoms with E-state index in [9.17, 15) is 9.90 Å². The van der Waals surface area contributed by atoms with Gasteiger partial charge < -0.3 is 14.6 Å². The van der Waals surface area contributed by atoms with Gasteiger partial charge in [-0.1, -0.05) is 18.2 Å². The Morgan fingerprint density at radius 3 is 2.63 bits per heavy atom. The van der Waals surface area contributed by atoms with Crippen molar-refractivity contribution in [2.24, 2.45) is 0 Å². The zero-order valence-electron chi connectivity index (χ0n) is 16.0. The van der Waals surface area contributed by atoms with Crippen molar-refractivity contribution in [3.8, 4) is 0 Å². The van der Waals surface area contributed by atoms with E-state index < -0.39 is 11.2 Å². The maximum absolute atomic E-state index is 12.7. The molecule has 2 aliphatic heterocycles. The lowest BCUT2D eigenvalue weighted by molar-refractivity contribution is -0.140. The van der Waals surface area contributed by atoms with Crippen LogP contribution in [0.2, 0.25) is 0 Å². The van der Waals surface area contributed by atoms with E-state index in [-0.39, 0.29) is 18.2 Å². The Balaban J connectivity index is 1.67. The van der Waals surface area contributed by atoms with Crippen molar-refractivity contribution in [2.45, 2.75) is 56.9 Å². The summed E-state index contributed by atoms with van der Waals surface area (Å²) in [7, 11) is 0. The summed E-state index contributed by atoms with van der Waals surface area (Å²) in [5.74, 6) is 0. The number of rotatable bonds is 1. The number of piperidine rings is 1. The minimum atomic E-state index is -1.03. The number of morpholine rings is 1. The molecule has 0 saturated carbocycles. The molecule has 6 heteroatoms. The van der Waals surface area contributed by atoms with Crippen LogP contribution in [0.5, 0.6) is 0 Å². The number of carbonyl (C=O) groups is 1. The fourth-order valence-corrected chi connectivity index (χ4v) is 4.33. The smallest absolute Gasteiger partial charge is 0.410 e. The van der Waals surface area contributed by atoms with Gasteiger partial charge in [-0.15, -0.1) is 0 Å². The Morgan fingerprint density at radius 2 is 1.96 bits per heavy atom. The van der Waals surface area contributed by atoms with Crippen molar-refractivity contribution in [1.82, 2.24) is 9.88 Å². The molecule has 6 nitrogen and oxygen atoms in total. The lowest BCUT2D eigenvalue weighted by Crippen LogP contribution is -2.63. The highest BCUT2D eigenvalue weighted by Gasteiger charge is 2.50. The summed E-state index contributed by atoms with van der Waals surface area (Å²) >= 11 is 0. The van der Waals surface area contributed by atoms with Gasteiger partial charge >= 0.3 is 6.09 Å². The average molecular weight is 370 g/mol. The molecule has 2 aliphatic rings. The highest BCUT2D eigenvalue weighted by molar-refractivity contribution is 5.85. The first-order valence-electron chi connectivity index (χ1n) is 9.41. The van der Waals surface area contributed by atoms with Crippen molar-refractivity contribution >= 4 is 16.9 Å². The van der Waals surface area contributed by atoms with Gasteiger partial charge in [0.1, 0.15) is 5.60 Å². The summed E-state index contributed by atoms with van der Waals surface area (Å²) in [6, 6.07) is 7.45. The van der Waals surface area contributed by atoms with Gasteiger partial charge in [0.2, 0.25) is 0 Å². The molecule has 27 heavy (non-hydrogen) atoms. The standard InChI is InChI=1S/C21H26N2O4/c1-20(2,3)27-19(24)23-15-9-21(25,10-16(23)13-26-12-15)18-6-4-5-14-7-8-22-11-17(14)18/h4-8,11,15-16,25H,9-10,12-13H2,1-3H3. The number of nitrogens with zero attached hydrogens (tertiary/aromatic N) is 2. The van der Waals surface area contributed by atoms with Crippen LogP contribution in [0.4, 0.5) is 4.79 Å². The number of carbonyl (C=O) groups excluding carboxylic acids is 1. The van der Waals surface area contributed by atoms with Crippen LogP contribution in [0.1, 0.15) is 39.2 Å². The number of aliphatic hydroxyl groups is 1. The SMILES string of the molecule is CC(C)(C)OC(=O)N1C2COCC1CC(O)(c1cccc3ccncc13)C2. The predicted octanol–water partition coefficient (Wildman–Crippen LogP) is 3.22. The number of benzene rings is 1. The van der Waals surface area contributed by atoms with E-state index >= 15 is 0 Å². The van der Waals surface area contributed by atoms with Gasteiger partial charge in [0, 0.05) is 30.6 Å². The lowest BCUT2D eigenvalue weighted by atomic mass is 9.76. The van der Waals surface area contributed by atoms with E-state index in [0.29, 0.717) is 26.1 Å². The van der Waals surface area contributed by atoms with Crippen LogP contribution in [0.25, 0.3) is 10.8 Å². The second-order valence-electron chi connectivity index (χ2n) is 8.57. The van der Waals surface area contributed by atoms with E-state index in [1.165, 1.54) is 0 Å². The molecule has 1 N–H and O–H groups in total. The maximum atomic E-state index is 12.7. The summed E-state index contributed by atoms with van der Waals surface area (Å²) in [6.07, 6.45) is 4.05. The third-order valence-electron chi connectivity index (χ3n) is 5.34. The van der Waals surface area contributed by atoms with Gasteiger partial charge in [0.25, 0.3) is 0 Å². The zero-order valence-corrected chi connectivity index (χ0v) is 16.0. The number of amides is 1. The highest BCUT2D eigenvalue weighted by Crippen LogP contribution is 2.43. The van der Waals surface area contributed by atoms with Crippen LogP contribution in [0, 0.1) is 0 Å². The van der Waals surface area contributed by atoms with Crippen LogP contribution in [-0.4, -0.2) is 52.0 Å². The van der Waals surface area contributed by atoms with E-state index in [2.05, 4.69) is 4.98 Å². The number of pyridine rings is 1. The molecule has 2 unspecified atom stereocenters. The molecular formula is C21H26N2O4. The van der Waals surface area contributed by atoms with Gasteiger partial charge in [-0.05, 0) is 37.8 Å². The fourth-order valence-electron chi connectivity index (χ4n) is 4.33. The number of hydrogen-bond acceptors (Lipinski definition) is 5. The van der Waals surface area contributed by atoms with Crippen molar-refractivity contribution in [2.75, 3.05) is 13.2 Å². The molecule has 0 aliphatic carbocycles. The van der Waals surface area contributed by atoms with Crippen LogP contribution >= 0.6 is 0 Å². The highest BCUT2D eigenvalue weighted by atomic mass is 16.6. The molecule has 2 fully saturated rings. The molecule has 0 spiro atoms. The third-order valence-corrected chi connectivity index (χ3v) is 5.34. The molecule has 0 radical (unpaired) electrons. The molecule has 1 aromatic carbocycles. The Bertz CT molecular complexity index is 841. The molecule has 2 aromatic rings. The van der Waals surface area contributed by atoms with Crippen molar-refractivity contribution in [3.05, 3.63) is 42.2 Å². The molecule has 1 amide bonds. The monoisotopic (exact) mass is 370 g/mol. The van der Waals surface area contributed by atoms with E-state index in [1.54, 1.807) is 17.3 Å². The maximum Gasteiger partial charge on any atom is 0.410 e. The largest absolute Gasteiger partial charge is 0.444 e. The Morgan fingerprint density at radius 1 is 1.26 bits per heavy atom. The molecule has 4 rings (SSSR count). The quantitative estimate of drug-likeness (QED) is 0.834. The molecule has 2 atom stereocenters. The summed E-state index contributed by atoms with van der Waals surface area (Å²) < 4.78 is 11.3. The van der Waals surface area contributed by atoms with Crippen LogP contribution in [-0.2, 0) is 15.1 Å². The van der Waals surface area contributed by atoms with Gasteiger partial charge in [-0.3, -0.25) is 9.88 Å². The van der Waals surface area contributed by atoms with Gasteiger partial charge in [0.15, 0.2) is 0 Å². The van der Waals surface area contributed by atoms with E-state index in [1.807, 2.05) is 45.0 Å². The minimum absolute atomic E-state index is 0.218. The first kappa shape index (κ1) is 18.2. The number of aromatic nitrogens is 1. The summed E-state index contributed by atoms with van der Waals surface area (Å²) in [4.78, 5) is 18.7. The minimum Gasteiger partial charge on any atom is -0.444 e.